The fraction of sp³-hybridized carbons (Fsp3) is 0. The Bertz CT molecular complexity index is 150. The molecule has 0 saturated heterocycles. The number of hydrogen-bond acceptors (Lipinski definition) is 1. The molecular weight excluding hydrogens is 246 g/mol. The lowest BCUT2D eigenvalue weighted by Gasteiger charge is -1.88. The molecular formula is C6H7Br2N. The minimum atomic E-state index is 0. The van der Waals surface area contributed by atoms with Crippen LogP contribution < -0.4 is 5.73 Å². The number of halogens is 2. The lowest BCUT2D eigenvalue weighted by Crippen LogP contribution is -1.80. The maximum Gasteiger partial charge on any atom is 0.0314 e. The standard InChI is InChI=1S/C6H6BrN.BrH/c7-5-1-3-6(8)4-2-5;/h1-4H,8H2;1H. The van der Waals surface area contributed by atoms with Gasteiger partial charge in [0.1, 0.15) is 0 Å². The van der Waals surface area contributed by atoms with Crippen molar-refractivity contribution in [1.82, 2.24) is 0 Å². The van der Waals surface area contributed by atoms with Crippen LogP contribution in [0.25, 0.3) is 0 Å². The van der Waals surface area contributed by atoms with Gasteiger partial charge < -0.3 is 5.73 Å². The molecule has 0 fully saturated rings. The highest BCUT2D eigenvalue weighted by Crippen LogP contribution is 2.10. The average Bonchev–Trinajstić information content (AvgIpc) is 1.77. The van der Waals surface area contributed by atoms with Crippen molar-refractivity contribution >= 4 is 38.6 Å². The van der Waals surface area contributed by atoms with Crippen molar-refractivity contribution < 1.29 is 0 Å². The molecule has 0 spiro atoms. The molecule has 50 valence electrons. The minimum absolute atomic E-state index is 0. The number of nitrogens with two attached hydrogens (primary N) is 1. The van der Waals surface area contributed by atoms with E-state index in [4.69, 9.17) is 5.73 Å². The molecule has 0 unspecified atom stereocenters. The molecule has 0 aliphatic carbocycles. The first-order chi connectivity index (χ1) is 3.79. The van der Waals surface area contributed by atoms with Crippen molar-refractivity contribution in [3.63, 3.8) is 0 Å². The molecule has 0 aliphatic rings. The SMILES string of the molecule is Br.Nc1ccc(Br)cc1. The molecule has 0 aliphatic heterocycles. The second-order valence-corrected chi connectivity index (χ2v) is 2.47. The van der Waals surface area contributed by atoms with Gasteiger partial charge in [0.25, 0.3) is 0 Å². The summed E-state index contributed by atoms with van der Waals surface area (Å²) in [7, 11) is 0. The first-order valence-electron chi connectivity index (χ1n) is 2.30. The van der Waals surface area contributed by atoms with Gasteiger partial charge in [-0.05, 0) is 24.3 Å². The van der Waals surface area contributed by atoms with Crippen molar-refractivity contribution in [1.29, 1.82) is 0 Å². The van der Waals surface area contributed by atoms with Gasteiger partial charge in [-0.1, -0.05) is 15.9 Å². The summed E-state index contributed by atoms with van der Waals surface area (Å²) in [5.41, 5.74) is 6.21. The second-order valence-electron chi connectivity index (χ2n) is 1.55. The molecule has 0 heterocycles. The molecule has 0 radical (unpaired) electrons. The number of benzene rings is 1. The van der Waals surface area contributed by atoms with Gasteiger partial charge in [-0.15, -0.1) is 17.0 Å². The molecule has 0 saturated carbocycles. The molecule has 9 heavy (non-hydrogen) atoms. The van der Waals surface area contributed by atoms with Crippen LogP contribution >= 0.6 is 32.9 Å². The zero-order chi connectivity index (χ0) is 5.98. The van der Waals surface area contributed by atoms with Gasteiger partial charge in [0.2, 0.25) is 0 Å². The third kappa shape index (κ3) is 2.87. The van der Waals surface area contributed by atoms with Gasteiger partial charge in [-0.2, -0.15) is 0 Å². The van der Waals surface area contributed by atoms with Crippen molar-refractivity contribution in [2.75, 3.05) is 5.73 Å². The fourth-order valence-corrected chi connectivity index (χ4v) is 0.727. The van der Waals surface area contributed by atoms with E-state index < -0.39 is 0 Å². The van der Waals surface area contributed by atoms with Crippen molar-refractivity contribution in [2.45, 2.75) is 0 Å². The smallest absolute Gasteiger partial charge is 0.0314 e. The van der Waals surface area contributed by atoms with Crippen LogP contribution in [-0.4, -0.2) is 0 Å². The molecule has 0 bridgehead atoms. The maximum atomic E-state index is 5.41. The summed E-state index contributed by atoms with van der Waals surface area (Å²) in [6.45, 7) is 0. The predicted octanol–water partition coefficient (Wildman–Crippen LogP) is 2.61. The summed E-state index contributed by atoms with van der Waals surface area (Å²) in [6.07, 6.45) is 0. The van der Waals surface area contributed by atoms with Gasteiger partial charge in [-0.25, -0.2) is 0 Å². The summed E-state index contributed by atoms with van der Waals surface area (Å²) in [4.78, 5) is 0. The molecule has 1 aromatic carbocycles. The first-order valence-corrected chi connectivity index (χ1v) is 3.09. The van der Waals surface area contributed by atoms with E-state index in [0.29, 0.717) is 0 Å². The highest BCUT2D eigenvalue weighted by atomic mass is 79.9. The van der Waals surface area contributed by atoms with E-state index in [-0.39, 0.29) is 17.0 Å². The first kappa shape index (κ1) is 8.98. The lowest BCUT2D eigenvalue weighted by molar-refractivity contribution is 1.64. The second kappa shape index (κ2) is 3.90. The van der Waals surface area contributed by atoms with Crippen molar-refractivity contribution in [3.8, 4) is 0 Å². The third-order valence-electron chi connectivity index (χ3n) is 0.870. The number of hydrogen-bond donors (Lipinski definition) is 1. The Morgan fingerprint density at radius 3 is 1.89 bits per heavy atom. The van der Waals surface area contributed by atoms with Crippen LogP contribution in [0.15, 0.2) is 28.7 Å². The van der Waals surface area contributed by atoms with Crippen molar-refractivity contribution in [2.24, 2.45) is 0 Å². The Balaban J connectivity index is 0.000000640. The number of rotatable bonds is 0. The van der Waals surface area contributed by atoms with E-state index in [2.05, 4.69) is 15.9 Å². The highest BCUT2D eigenvalue weighted by molar-refractivity contribution is 9.10. The van der Waals surface area contributed by atoms with Gasteiger partial charge in [0.15, 0.2) is 0 Å². The van der Waals surface area contributed by atoms with Gasteiger partial charge in [0, 0.05) is 10.2 Å². The quantitative estimate of drug-likeness (QED) is 0.706. The Morgan fingerprint density at radius 2 is 1.56 bits per heavy atom. The minimum Gasteiger partial charge on any atom is -0.399 e. The summed E-state index contributed by atoms with van der Waals surface area (Å²) >= 11 is 3.29. The topological polar surface area (TPSA) is 26.0 Å². The van der Waals surface area contributed by atoms with Crippen LogP contribution in [0.2, 0.25) is 0 Å². The van der Waals surface area contributed by atoms with E-state index >= 15 is 0 Å². The maximum absolute atomic E-state index is 5.41. The van der Waals surface area contributed by atoms with Gasteiger partial charge in [0.05, 0.1) is 0 Å². The molecule has 1 nitrogen and oxygen atoms in total. The summed E-state index contributed by atoms with van der Waals surface area (Å²) in [5.74, 6) is 0. The zero-order valence-corrected chi connectivity index (χ0v) is 7.97. The normalized spacial score (nSPS) is 8.11. The molecule has 0 amide bonds. The van der Waals surface area contributed by atoms with E-state index in [9.17, 15) is 0 Å². The summed E-state index contributed by atoms with van der Waals surface area (Å²) in [6, 6.07) is 7.53. The van der Waals surface area contributed by atoms with Crippen molar-refractivity contribution in [3.05, 3.63) is 28.7 Å². The molecule has 0 atom stereocenters. The number of nitrogen functional groups attached to an aromatic ring is 1. The molecule has 1 aromatic rings. The molecule has 2 N–H and O–H groups in total. The summed E-state index contributed by atoms with van der Waals surface area (Å²) < 4.78 is 1.06. The Morgan fingerprint density at radius 1 is 1.11 bits per heavy atom. The predicted molar refractivity (Wildman–Crippen MR) is 48.9 cm³/mol. The Labute approximate surface area is 73.2 Å². The Hall–Kier alpha value is -0.0200. The largest absolute Gasteiger partial charge is 0.399 e. The third-order valence-corrected chi connectivity index (χ3v) is 1.40. The highest BCUT2D eigenvalue weighted by Gasteiger charge is 1.81. The van der Waals surface area contributed by atoms with E-state index in [0.717, 1.165) is 10.2 Å². The van der Waals surface area contributed by atoms with Crippen LogP contribution in [0.3, 0.4) is 0 Å². The van der Waals surface area contributed by atoms with Crippen LogP contribution in [-0.2, 0) is 0 Å². The lowest BCUT2D eigenvalue weighted by atomic mass is 10.3. The monoisotopic (exact) mass is 251 g/mol. The van der Waals surface area contributed by atoms with Gasteiger partial charge in [-0.3, -0.25) is 0 Å². The van der Waals surface area contributed by atoms with Crippen LogP contribution in [0.4, 0.5) is 5.69 Å². The van der Waals surface area contributed by atoms with Crippen LogP contribution in [0.5, 0.6) is 0 Å². The molecule has 3 heteroatoms. The average molecular weight is 253 g/mol. The van der Waals surface area contributed by atoms with E-state index in [1.807, 2.05) is 24.3 Å². The number of anilines is 1. The zero-order valence-electron chi connectivity index (χ0n) is 4.67. The van der Waals surface area contributed by atoms with Crippen LogP contribution in [0.1, 0.15) is 0 Å². The summed E-state index contributed by atoms with van der Waals surface area (Å²) in [5, 5.41) is 0. The van der Waals surface area contributed by atoms with E-state index in [1.54, 1.807) is 0 Å². The van der Waals surface area contributed by atoms with E-state index in [1.165, 1.54) is 0 Å². The van der Waals surface area contributed by atoms with Crippen LogP contribution in [0, 0.1) is 0 Å². The molecule has 0 aromatic heterocycles. The van der Waals surface area contributed by atoms with Gasteiger partial charge >= 0.3 is 0 Å². The molecule has 1 rings (SSSR count). The Kier molecular flexibility index (Phi) is 3.89. The fourth-order valence-electron chi connectivity index (χ4n) is 0.463.